The van der Waals surface area contributed by atoms with Crippen molar-refractivity contribution in [2.75, 3.05) is 25.5 Å². The zero-order valence-corrected chi connectivity index (χ0v) is 10.7. The highest BCUT2D eigenvalue weighted by Crippen LogP contribution is 2.15. The van der Waals surface area contributed by atoms with Gasteiger partial charge in [-0.2, -0.15) is 0 Å². The van der Waals surface area contributed by atoms with E-state index in [1.54, 1.807) is 24.3 Å². The smallest absolute Gasteiger partial charge is 0.323 e. The SMILES string of the molecule is COc1ccc(NC(=O)N(CC(=O)O)CC(=O)O)cc1. The first-order valence-corrected chi connectivity index (χ1v) is 5.56. The summed E-state index contributed by atoms with van der Waals surface area (Å²) in [6.45, 7) is -1.40. The molecule has 0 radical (unpaired) electrons. The van der Waals surface area contributed by atoms with Crippen molar-refractivity contribution in [2.45, 2.75) is 0 Å². The van der Waals surface area contributed by atoms with Crippen molar-refractivity contribution in [2.24, 2.45) is 0 Å². The van der Waals surface area contributed by atoms with E-state index in [2.05, 4.69) is 5.32 Å². The van der Waals surface area contributed by atoms with Crippen LogP contribution >= 0.6 is 0 Å². The lowest BCUT2D eigenvalue weighted by molar-refractivity contribution is -0.140. The Morgan fingerprint density at radius 3 is 2.00 bits per heavy atom. The molecule has 20 heavy (non-hydrogen) atoms. The quantitative estimate of drug-likeness (QED) is 0.707. The number of nitrogens with zero attached hydrogens (tertiary/aromatic N) is 1. The van der Waals surface area contributed by atoms with Crippen LogP contribution < -0.4 is 10.1 Å². The van der Waals surface area contributed by atoms with Crippen molar-refractivity contribution >= 4 is 23.7 Å². The van der Waals surface area contributed by atoms with Crippen LogP contribution in [0.1, 0.15) is 0 Å². The highest BCUT2D eigenvalue weighted by atomic mass is 16.5. The summed E-state index contributed by atoms with van der Waals surface area (Å²) in [5.74, 6) is -2.00. The highest BCUT2D eigenvalue weighted by Gasteiger charge is 2.19. The number of methoxy groups -OCH3 is 1. The van der Waals surface area contributed by atoms with Crippen LogP contribution in [0.2, 0.25) is 0 Å². The van der Waals surface area contributed by atoms with Gasteiger partial charge in [0.1, 0.15) is 18.8 Å². The summed E-state index contributed by atoms with van der Waals surface area (Å²) in [5.41, 5.74) is 0.400. The monoisotopic (exact) mass is 282 g/mol. The molecule has 0 unspecified atom stereocenters. The number of carbonyl (C=O) groups is 3. The largest absolute Gasteiger partial charge is 0.497 e. The fourth-order valence-corrected chi connectivity index (χ4v) is 1.40. The van der Waals surface area contributed by atoms with Gasteiger partial charge in [-0.1, -0.05) is 0 Å². The maximum absolute atomic E-state index is 11.8. The van der Waals surface area contributed by atoms with Crippen molar-refractivity contribution in [3.05, 3.63) is 24.3 Å². The number of aliphatic carboxylic acids is 2. The lowest BCUT2D eigenvalue weighted by Gasteiger charge is -2.19. The number of rotatable bonds is 6. The number of carboxylic acid groups (broad SMARTS) is 2. The molecule has 1 aromatic carbocycles. The van der Waals surface area contributed by atoms with E-state index >= 15 is 0 Å². The third-order valence-corrected chi connectivity index (χ3v) is 2.28. The minimum atomic E-state index is -1.30. The summed E-state index contributed by atoms with van der Waals surface area (Å²) in [5, 5.41) is 19.7. The number of nitrogens with one attached hydrogen (secondary N) is 1. The molecule has 0 fully saturated rings. The number of benzene rings is 1. The van der Waals surface area contributed by atoms with Crippen LogP contribution in [0.25, 0.3) is 0 Å². The summed E-state index contributed by atoms with van der Waals surface area (Å²) >= 11 is 0. The molecule has 8 nitrogen and oxygen atoms in total. The Bertz CT molecular complexity index is 483. The zero-order chi connectivity index (χ0) is 15.1. The average molecular weight is 282 g/mol. The molecular weight excluding hydrogens is 268 g/mol. The Balaban J connectivity index is 2.73. The van der Waals surface area contributed by atoms with Gasteiger partial charge in [0.15, 0.2) is 0 Å². The maximum Gasteiger partial charge on any atom is 0.323 e. The first kappa shape index (κ1) is 15.3. The second-order valence-corrected chi connectivity index (χ2v) is 3.80. The van der Waals surface area contributed by atoms with Gasteiger partial charge in [0.05, 0.1) is 7.11 Å². The van der Waals surface area contributed by atoms with Gasteiger partial charge in [0.25, 0.3) is 0 Å². The van der Waals surface area contributed by atoms with Gasteiger partial charge in [0, 0.05) is 5.69 Å². The van der Waals surface area contributed by atoms with E-state index in [0.717, 1.165) is 0 Å². The first-order chi connectivity index (χ1) is 9.42. The van der Waals surface area contributed by atoms with Crippen LogP contribution in [0.5, 0.6) is 5.75 Å². The Labute approximate surface area is 114 Å². The second kappa shape index (κ2) is 6.98. The molecule has 1 aromatic rings. The standard InChI is InChI=1S/C12H14N2O6/c1-20-9-4-2-8(3-5-9)13-12(19)14(6-10(15)16)7-11(17)18/h2-5H,6-7H2,1H3,(H,13,19)(H,15,16)(H,17,18). The Hall–Kier alpha value is -2.77. The van der Waals surface area contributed by atoms with Gasteiger partial charge < -0.3 is 25.2 Å². The number of carbonyl (C=O) groups excluding carboxylic acids is 1. The lowest BCUT2D eigenvalue weighted by atomic mass is 10.3. The summed E-state index contributed by atoms with van der Waals surface area (Å²) in [4.78, 5) is 33.7. The predicted molar refractivity (Wildman–Crippen MR) is 68.9 cm³/mol. The number of hydrogen-bond acceptors (Lipinski definition) is 4. The van der Waals surface area contributed by atoms with E-state index < -0.39 is 31.1 Å². The molecule has 0 aliphatic carbocycles. The molecule has 0 atom stereocenters. The highest BCUT2D eigenvalue weighted by molar-refractivity contribution is 5.93. The molecule has 0 heterocycles. The van der Waals surface area contributed by atoms with Crippen molar-refractivity contribution in [1.82, 2.24) is 4.90 Å². The molecule has 1 rings (SSSR count). The molecule has 0 aliphatic rings. The average Bonchev–Trinajstić information content (AvgIpc) is 2.37. The minimum absolute atomic E-state index is 0.400. The zero-order valence-electron chi connectivity index (χ0n) is 10.7. The summed E-state index contributed by atoms with van der Waals surface area (Å²) in [6.07, 6.45) is 0. The molecule has 0 spiro atoms. The molecule has 0 saturated carbocycles. The number of urea groups is 1. The van der Waals surface area contributed by atoms with E-state index in [-0.39, 0.29) is 0 Å². The number of hydrogen-bond donors (Lipinski definition) is 3. The third-order valence-electron chi connectivity index (χ3n) is 2.28. The van der Waals surface area contributed by atoms with Gasteiger partial charge in [-0.15, -0.1) is 0 Å². The Morgan fingerprint density at radius 1 is 1.10 bits per heavy atom. The number of anilines is 1. The topological polar surface area (TPSA) is 116 Å². The lowest BCUT2D eigenvalue weighted by Crippen LogP contribution is -2.41. The minimum Gasteiger partial charge on any atom is -0.497 e. The molecule has 108 valence electrons. The van der Waals surface area contributed by atoms with E-state index in [4.69, 9.17) is 14.9 Å². The van der Waals surface area contributed by atoms with Gasteiger partial charge >= 0.3 is 18.0 Å². The molecule has 3 N–H and O–H groups in total. The van der Waals surface area contributed by atoms with Gasteiger partial charge in [0.2, 0.25) is 0 Å². The third kappa shape index (κ3) is 4.84. The number of amides is 2. The van der Waals surface area contributed by atoms with Crippen LogP contribution in [-0.2, 0) is 9.59 Å². The molecule has 2 amide bonds. The van der Waals surface area contributed by atoms with Crippen molar-refractivity contribution in [3.8, 4) is 5.75 Å². The molecule has 0 bridgehead atoms. The Morgan fingerprint density at radius 2 is 1.60 bits per heavy atom. The number of ether oxygens (including phenoxy) is 1. The van der Waals surface area contributed by atoms with E-state index in [1.165, 1.54) is 7.11 Å². The second-order valence-electron chi connectivity index (χ2n) is 3.80. The van der Waals surface area contributed by atoms with Gasteiger partial charge in [-0.3, -0.25) is 9.59 Å². The van der Waals surface area contributed by atoms with E-state index in [1.807, 2.05) is 0 Å². The van der Waals surface area contributed by atoms with Crippen LogP contribution in [-0.4, -0.2) is 53.3 Å². The normalized spacial score (nSPS) is 9.65. The van der Waals surface area contributed by atoms with Crippen molar-refractivity contribution < 1.29 is 29.3 Å². The summed E-state index contributed by atoms with van der Waals surface area (Å²) in [6, 6.07) is 5.51. The predicted octanol–water partition coefficient (Wildman–Crippen LogP) is 0.698. The van der Waals surface area contributed by atoms with Gasteiger partial charge in [-0.05, 0) is 24.3 Å². The van der Waals surface area contributed by atoms with Crippen LogP contribution in [0, 0.1) is 0 Å². The molecule has 0 saturated heterocycles. The van der Waals surface area contributed by atoms with Crippen molar-refractivity contribution in [3.63, 3.8) is 0 Å². The first-order valence-electron chi connectivity index (χ1n) is 5.56. The van der Waals surface area contributed by atoms with Crippen LogP contribution in [0.4, 0.5) is 10.5 Å². The molecule has 0 aliphatic heterocycles. The number of carboxylic acids is 2. The van der Waals surface area contributed by atoms with Crippen LogP contribution in [0.15, 0.2) is 24.3 Å². The maximum atomic E-state index is 11.8. The van der Waals surface area contributed by atoms with Gasteiger partial charge in [-0.25, -0.2) is 4.79 Å². The fourth-order valence-electron chi connectivity index (χ4n) is 1.40. The van der Waals surface area contributed by atoms with E-state index in [9.17, 15) is 14.4 Å². The molecule has 0 aromatic heterocycles. The fraction of sp³-hybridized carbons (Fsp3) is 0.250. The molecular formula is C12H14N2O6. The van der Waals surface area contributed by atoms with E-state index in [0.29, 0.717) is 16.3 Å². The Kier molecular flexibility index (Phi) is 5.33. The molecule has 8 heteroatoms. The summed E-state index contributed by atoms with van der Waals surface area (Å²) < 4.78 is 4.95. The van der Waals surface area contributed by atoms with Crippen LogP contribution in [0.3, 0.4) is 0 Å². The summed E-state index contributed by atoms with van der Waals surface area (Å²) in [7, 11) is 1.50. The van der Waals surface area contributed by atoms with Crippen molar-refractivity contribution in [1.29, 1.82) is 0 Å².